The van der Waals surface area contributed by atoms with Crippen LogP contribution in [-0.4, -0.2) is 45.0 Å². The van der Waals surface area contributed by atoms with Crippen molar-refractivity contribution >= 4 is 5.91 Å². The number of hydrogen-bond donors (Lipinski definition) is 1. The first-order valence-electron chi connectivity index (χ1n) is 7.88. The summed E-state index contributed by atoms with van der Waals surface area (Å²) in [6, 6.07) is 3.06. The molecule has 3 rings (SSSR count). The normalized spacial score (nSPS) is 17.8. The zero-order chi connectivity index (χ0) is 18.7. The van der Waals surface area contributed by atoms with E-state index in [-0.39, 0.29) is 24.0 Å². The summed E-state index contributed by atoms with van der Waals surface area (Å²) in [7, 11) is 0. The summed E-state index contributed by atoms with van der Waals surface area (Å²) in [5.41, 5.74) is -1.08. The van der Waals surface area contributed by atoms with E-state index in [1.165, 1.54) is 23.2 Å². The molecule has 1 aliphatic heterocycles. The highest BCUT2D eigenvalue weighted by Gasteiger charge is 2.33. The summed E-state index contributed by atoms with van der Waals surface area (Å²) in [5.74, 6) is -0.292. The molecule has 1 atom stereocenters. The Morgan fingerprint density at radius 2 is 2.12 bits per heavy atom. The van der Waals surface area contributed by atoms with E-state index in [4.69, 9.17) is 4.74 Å². The van der Waals surface area contributed by atoms with E-state index in [0.717, 1.165) is 12.3 Å². The van der Waals surface area contributed by atoms with Gasteiger partial charge in [0.2, 0.25) is 5.56 Å². The van der Waals surface area contributed by atoms with Crippen molar-refractivity contribution < 1.29 is 22.7 Å². The molecule has 0 bridgehead atoms. The van der Waals surface area contributed by atoms with E-state index in [1.54, 1.807) is 0 Å². The number of amides is 1. The van der Waals surface area contributed by atoms with Crippen molar-refractivity contribution in [3.8, 4) is 6.01 Å². The Balaban J connectivity index is 1.68. The van der Waals surface area contributed by atoms with Crippen molar-refractivity contribution in [1.82, 2.24) is 19.9 Å². The van der Waals surface area contributed by atoms with Gasteiger partial charge in [-0.3, -0.25) is 9.59 Å². The second-order valence-electron chi connectivity index (χ2n) is 5.80. The number of nitrogens with one attached hydrogen (secondary N) is 1. The topological polar surface area (TPSA) is 88.2 Å². The van der Waals surface area contributed by atoms with Crippen molar-refractivity contribution in [2.75, 3.05) is 13.1 Å². The number of halogens is 3. The summed E-state index contributed by atoms with van der Waals surface area (Å²) in [5, 5.41) is 0. The van der Waals surface area contributed by atoms with Crippen molar-refractivity contribution in [3.63, 3.8) is 0 Å². The number of piperidine rings is 1. The highest BCUT2D eigenvalue weighted by Crippen LogP contribution is 2.28. The Kier molecular flexibility index (Phi) is 4.92. The number of carbonyl (C=O) groups is 1. The van der Waals surface area contributed by atoms with Crippen LogP contribution in [0.2, 0.25) is 0 Å². The average Bonchev–Trinajstić information content (AvgIpc) is 2.61. The molecule has 0 spiro atoms. The average molecular weight is 368 g/mol. The largest absolute Gasteiger partial charge is 0.458 e. The summed E-state index contributed by atoms with van der Waals surface area (Å²) in [4.78, 5) is 34.6. The maximum atomic E-state index is 12.7. The Bertz CT molecular complexity index is 833. The molecule has 0 radical (unpaired) electrons. The molecular formula is C16H15F3N4O3. The number of rotatable bonds is 3. The number of hydrogen-bond acceptors (Lipinski definition) is 5. The van der Waals surface area contributed by atoms with Crippen LogP contribution >= 0.6 is 0 Å². The van der Waals surface area contributed by atoms with E-state index in [2.05, 4.69) is 15.0 Å². The zero-order valence-corrected chi connectivity index (χ0v) is 13.5. The minimum absolute atomic E-state index is 0.192. The zero-order valence-electron chi connectivity index (χ0n) is 13.5. The third-order valence-corrected chi connectivity index (χ3v) is 3.89. The Hall–Kier alpha value is -2.91. The minimum atomic E-state index is -4.58. The molecular weight excluding hydrogens is 353 g/mol. The molecule has 1 saturated heterocycles. The fraction of sp³-hybridized carbons (Fsp3) is 0.375. The lowest BCUT2D eigenvalue weighted by Crippen LogP contribution is -2.44. The third-order valence-electron chi connectivity index (χ3n) is 3.89. The minimum Gasteiger partial charge on any atom is -0.458 e. The fourth-order valence-electron chi connectivity index (χ4n) is 2.65. The van der Waals surface area contributed by atoms with Gasteiger partial charge in [-0.05, 0) is 25.0 Å². The molecule has 1 amide bonds. The van der Waals surface area contributed by atoms with Gasteiger partial charge in [0, 0.05) is 25.0 Å². The molecule has 26 heavy (non-hydrogen) atoms. The van der Waals surface area contributed by atoms with E-state index >= 15 is 0 Å². The maximum Gasteiger partial charge on any atom is 0.433 e. The van der Waals surface area contributed by atoms with Crippen molar-refractivity contribution in [2.24, 2.45) is 0 Å². The highest BCUT2D eigenvalue weighted by molar-refractivity contribution is 5.93. The van der Waals surface area contributed by atoms with Crippen LogP contribution in [-0.2, 0) is 6.18 Å². The number of aromatic nitrogens is 3. The number of pyridine rings is 1. The summed E-state index contributed by atoms with van der Waals surface area (Å²) >= 11 is 0. The molecule has 2 aromatic rings. The Morgan fingerprint density at radius 3 is 2.81 bits per heavy atom. The first kappa shape index (κ1) is 17.9. The van der Waals surface area contributed by atoms with Crippen molar-refractivity contribution in [2.45, 2.75) is 25.1 Å². The molecule has 7 nitrogen and oxygen atoms in total. The Labute approximate surface area is 145 Å². The molecule has 1 N–H and O–H groups in total. The summed E-state index contributed by atoms with van der Waals surface area (Å²) in [6.45, 7) is 0.679. The molecule has 0 saturated carbocycles. The number of nitrogens with zero attached hydrogens (tertiary/aromatic N) is 3. The number of alkyl halides is 3. The van der Waals surface area contributed by atoms with Gasteiger partial charge in [0.1, 0.15) is 6.10 Å². The number of H-pyrrole nitrogens is 1. The van der Waals surface area contributed by atoms with E-state index in [0.29, 0.717) is 24.9 Å². The van der Waals surface area contributed by atoms with Gasteiger partial charge in [-0.25, -0.2) is 4.98 Å². The highest BCUT2D eigenvalue weighted by atomic mass is 19.4. The summed E-state index contributed by atoms with van der Waals surface area (Å²) < 4.78 is 43.6. The van der Waals surface area contributed by atoms with Gasteiger partial charge >= 0.3 is 12.2 Å². The summed E-state index contributed by atoms with van der Waals surface area (Å²) in [6.07, 6.45) is -1.60. The first-order valence-corrected chi connectivity index (χ1v) is 7.88. The van der Waals surface area contributed by atoms with Gasteiger partial charge in [0.05, 0.1) is 12.1 Å². The first-order chi connectivity index (χ1) is 12.3. The van der Waals surface area contributed by atoms with Crippen LogP contribution in [0.1, 0.15) is 28.9 Å². The lowest BCUT2D eigenvalue weighted by Gasteiger charge is -2.32. The molecule has 0 aromatic carbocycles. The lowest BCUT2D eigenvalue weighted by molar-refractivity contribution is -0.141. The predicted octanol–water partition coefficient (Wildman–Crippen LogP) is 1.87. The monoisotopic (exact) mass is 368 g/mol. The second-order valence-corrected chi connectivity index (χ2v) is 5.80. The van der Waals surface area contributed by atoms with Crippen LogP contribution in [0, 0.1) is 0 Å². The van der Waals surface area contributed by atoms with Crippen LogP contribution in [0.3, 0.4) is 0 Å². The molecule has 10 heteroatoms. The van der Waals surface area contributed by atoms with Crippen LogP contribution in [0.25, 0.3) is 0 Å². The van der Waals surface area contributed by atoms with E-state index < -0.39 is 18.0 Å². The fourth-order valence-corrected chi connectivity index (χ4v) is 2.65. The predicted molar refractivity (Wildman–Crippen MR) is 83.7 cm³/mol. The molecule has 2 aromatic heterocycles. The van der Waals surface area contributed by atoms with Gasteiger partial charge in [0.15, 0.2) is 5.69 Å². The molecule has 1 aliphatic rings. The van der Waals surface area contributed by atoms with Gasteiger partial charge in [0.25, 0.3) is 5.91 Å². The smallest absolute Gasteiger partial charge is 0.433 e. The Morgan fingerprint density at radius 1 is 1.31 bits per heavy atom. The third kappa shape index (κ3) is 4.19. The van der Waals surface area contributed by atoms with Gasteiger partial charge < -0.3 is 14.6 Å². The van der Waals surface area contributed by atoms with Gasteiger partial charge in [-0.15, -0.1) is 0 Å². The van der Waals surface area contributed by atoms with Crippen LogP contribution in [0.15, 0.2) is 35.4 Å². The quantitative estimate of drug-likeness (QED) is 0.894. The van der Waals surface area contributed by atoms with Crippen LogP contribution in [0.4, 0.5) is 13.2 Å². The van der Waals surface area contributed by atoms with E-state index in [1.807, 2.05) is 0 Å². The molecule has 1 unspecified atom stereocenters. The van der Waals surface area contributed by atoms with Crippen LogP contribution in [0.5, 0.6) is 6.01 Å². The molecule has 3 heterocycles. The van der Waals surface area contributed by atoms with Crippen molar-refractivity contribution in [3.05, 3.63) is 52.2 Å². The van der Waals surface area contributed by atoms with Gasteiger partial charge in [-0.2, -0.15) is 18.2 Å². The number of ether oxygens (including phenoxy) is 1. The van der Waals surface area contributed by atoms with E-state index in [9.17, 15) is 22.8 Å². The lowest BCUT2D eigenvalue weighted by atomic mass is 10.1. The second kappa shape index (κ2) is 7.14. The molecule has 0 aliphatic carbocycles. The molecule has 138 valence electrons. The number of aromatic amines is 1. The van der Waals surface area contributed by atoms with Gasteiger partial charge in [-0.1, -0.05) is 0 Å². The van der Waals surface area contributed by atoms with Crippen LogP contribution < -0.4 is 10.3 Å². The SMILES string of the molecule is O=C(c1ccc(=O)[nH]c1)N1CCCC(Oc2nccc(C(F)(F)F)n2)C1. The molecule has 1 fully saturated rings. The standard InChI is InChI=1S/C16H15F3N4O3/c17-16(18,19)12-5-6-20-15(22-12)26-11-2-1-7-23(9-11)14(25)10-3-4-13(24)21-8-10/h3-6,8,11H,1-2,7,9H2,(H,21,24). The maximum absolute atomic E-state index is 12.7. The van der Waals surface area contributed by atoms with Crippen molar-refractivity contribution in [1.29, 1.82) is 0 Å². The number of carbonyl (C=O) groups excluding carboxylic acids is 1. The number of likely N-dealkylation sites (tertiary alicyclic amines) is 1.